The standard InChI is InChI=1S/C32H33N3O5S/c1-4-24(3)33-32(37)29-12-8-9-13-30(29)34-31(36)22-35(41(38,39)28-20-14-23(2)15-21-28)25-16-18-27(19-17-25)40-26-10-6-5-7-11-26/h5-21,24H,4,22H2,1-3H3,(H,33,37)(H,34,36)/t24-/m1/s1. The summed E-state index contributed by atoms with van der Waals surface area (Å²) in [7, 11) is -4.12. The summed E-state index contributed by atoms with van der Waals surface area (Å²) in [5.41, 5.74) is 1.76. The summed E-state index contributed by atoms with van der Waals surface area (Å²) in [4.78, 5) is 26.2. The maximum atomic E-state index is 13.8. The number of aryl methyl sites for hydroxylation is 1. The van der Waals surface area contributed by atoms with Crippen molar-refractivity contribution in [3.8, 4) is 11.5 Å². The second-order valence-corrected chi connectivity index (χ2v) is 11.5. The van der Waals surface area contributed by atoms with Gasteiger partial charge in [0.1, 0.15) is 18.0 Å². The Labute approximate surface area is 241 Å². The molecule has 0 saturated heterocycles. The van der Waals surface area contributed by atoms with E-state index in [4.69, 9.17) is 4.74 Å². The first-order valence-electron chi connectivity index (χ1n) is 13.3. The fourth-order valence-corrected chi connectivity index (χ4v) is 5.39. The molecule has 212 valence electrons. The Kier molecular flexibility index (Phi) is 9.41. The summed E-state index contributed by atoms with van der Waals surface area (Å²) in [6.45, 7) is 5.20. The molecule has 0 aromatic heterocycles. The number of anilines is 2. The Balaban J connectivity index is 1.62. The van der Waals surface area contributed by atoms with E-state index in [1.54, 1.807) is 60.7 Å². The van der Waals surface area contributed by atoms with Crippen LogP contribution in [0, 0.1) is 6.92 Å². The molecule has 9 heteroatoms. The maximum Gasteiger partial charge on any atom is 0.264 e. The second kappa shape index (κ2) is 13.1. The molecule has 0 saturated carbocycles. The minimum atomic E-state index is -4.12. The summed E-state index contributed by atoms with van der Waals surface area (Å²) in [6, 6.07) is 28.7. The SMILES string of the molecule is CC[C@@H](C)NC(=O)c1ccccc1NC(=O)CN(c1ccc(Oc2ccccc2)cc1)S(=O)(=O)c1ccc(C)cc1. The summed E-state index contributed by atoms with van der Waals surface area (Å²) in [5, 5.41) is 5.62. The lowest BCUT2D eigenvalue weighted by Crippen LogP contribution is -2.38. The molecular weight excluding hydrogens is 538 g/mol. The zero-order valence-electron chi connectivity index (χ0n) is 23.2. The highest BCUT2D eigenvalue weighted by molar-refractivity contribution is 7.92. The molecule has 1 atom stereocenters. The monoisotopic (exact) mass is 571 g/mol. The van der Waals surface area contributed by atoms with E-state index >= 15 is 0 Å². The van der Waals surface area contributed by atoms with E-state index in [0.717, 1.165) is 16.3 Å². The third kappa shape index (κ3) is 7.52. The van der Waals surface area contributed by atoms with E-state index in [1.807, 2.05) is 51.1 Å². The molecule has 41 heavy (non-hydrogen) atoms. The molecule has 0 radical (unpaired) electrons. The fraction of sp³-hybridized carbons (Fsp3) is 0.188. The van der Waals surface area contributed by atoms with E-state index in [2.05, 4.69) is 10.6 Å². The van der Waals surface area contributed by atoms with Crippen molar-refractivity contribution in [2.45, 2.75) is 38.1 Å². The molecule has 0 aliphatic carbocycles. The summed E-state index contributed by atoms with van der Waals surface area (Å²) < 4.78 is 34.5. The predicted octanol–water partition coefficient (Wildman–Crippen LogP) is 6.15. The lowest BCUT2D eigenvalue weighted by atomic mass is 10.1. The predicted molar refractivity (Wildman–Crippen MR) is 161 cm³/mol. The summed E-state index contributed by atoms with van der Waals surface area (Å²) in [5.74, 6) is 0.223. The smallest absolute Gasteiger partial charge is 0.264 e. The van der Waals surface area contributed by atoms with Crippen LogP contribution in [0.15, 0.2) is 108 Å². The lowest BCUT2D eigenvalue weighted by molar-refractivity contribution is -0.114. The van der Waals surface area contributed by atoms with E-state index in [1.165, 1.54) is 12.1 Å². The molecule has 4 aromatic rings. The van der Waals surface area contributed by atoms with Gasteiger partial charge in [-0.3, -0.25) is 13.9 Å². The molecule has 0 aliphatic rings. The van der Waals surface area contributed by atoms with Crippen LogP contribution in [-0.4, -0.2) is 32.8 Å². The number of nitrogens with one attached hydrogen (secondary N) is 2. The summed E-state index contributed by atoms with van der Waals surface area (Å²) >= 11 is 0. The van der Waals surface area contributed by atoms with Crippen molar-refractivity contribution in [1.82, 2.24) is 5.32 Å². The number of amides is 2. The number of carbonyl (C=O) groups is 2. The van der Waals surface area contributed by atoms with E-state index in [-0.39, 0.29) is 33.8 Å². The van der Waals surface area contributed by atoms with Crippen molar-refractivity contribution in [2.24, 2.45) is 0 Å². The fourth-order valence-electron chi connectivity index (χ4n) is 3.97. The highest BCUT2D eigenvalue weighted by atomic mass is 32.2. The van der Waals surface area contributed by atoms with Gasteiger partial charge in [0.05, 0.1) is 21.8 Å². The molecular formula is C32H33N3O5S. The molecule has 0 fully saturated rings. The lowest BCUT2D eigenvalue weighted by Gasteiger charge is -2.24. The highest BCUT2D eigenvalue weighted by Crippen LogP contribution is 2.28. The van der Waals surface area contributed by atoms with Gasteiger partial charge < -0.3 is 15.4 Å². The van der Waals surface area contributed by atoms with Crippen LogP contribution in [0.2, 0.25) is 0 Å². The van der Waals surface area contributed by atoms with Crippen molar-refractivity contribution in [3.05, 3.63) is 114 Å². The molecule has 0 unspecified atom stereocenters. The Morgan fingerprint density at radius 3 is 2.10 bits per heavy atom. The first-order chi connectivity index (χ1) is 19.7. The number of hydrogen-bond donors (Lipinski definition) is 2. The Hall–Kier alpha value is -4.63. The molecule has 4 rings (SSSR count). The summed E-state index contributed by atoms with van der Waals surface area (Å²) in [6.07, 6.45) is 0.751. The third-order valence-corrected chi connectivity index (χ3v) is 8.22. The minimum Gasteiger partial charge on any atom is -0.457 e. The average Bonchev–Trinajstić information content (AvgIpc) is 2.97. The normalized spacial score (nSPS) is 11.8. The van der Waals surface area contributed by atoms with Gasteiger partial charge in [-0.2, -0.15) is 0 Å². The van der Waals surface area contributed by atoms with Crippen LogP contribution in [0.4, 0.5) is 11.4 Å². The molecule has 2 amide bonds. The average molecular weight is 572 g/mol. The minimum absolute atomic E-state index is 0.0461. The largest absolute Gasteiger partial charge is 0.457 e. The molecule has 0 bridgehead atoms. The van der Waals surface area contributed by atoms with Gasteiger partial charge in [-0.15, -0.1) is 0 Å². The van der Waals surface area contributed by atoms with E-state index in [0.29, 0.717) is 11.5 Å². The number of nitrogens with zero attached hydrogens (tertiary/aromatic N) is 1. The zero-order chi connectivity index (χ0) is 29.4. The topological polar surface area (TPSA) is 105 Å². The Bertz CT molecular complexity index is 1590. The van der Waals surface area contributed by atoms with Gasteiger partial charge >= 0.3 is 0 Å². The third-order valence-electron chi connectivity index (χ3n) is 6.44. The quantitative estimate of drug-likeness (QED) is 0.225. The Morgan fingerprint density at radius 1 is 0.829 bits per heavy atom. The number of benzene rings is 4. The number of carbonyl (C=O) groups excluding carboxylic acids is 2. The van der Waals surface area contributed by atoms with Crippen LogP contribution >= 0.6 is 0 Å². The van der Waals surface area contributed by atoms with Crippen LogP contribution in [0.5, 0.6) is 11.5 Å². The van der Waals surface area contributed by atoms with Crippen molar-refractivity contribution >= 4 is 33.2 Å². The van der Waals surface area contributed by atoms with Gasteiger partial charge in [0.2, 0.25) is 5.91 Å². The van der Waals surface area contributed by atoms with Crippen molar-refractivity contribution < 1.29 is 22.7 Å². The van der Waals surface area contributed by atoms with Crippen LogP contribution in [0.3, 0.4) is 0 Å². The van der Waals surface area contributed by atoms with Crippen molar-refractivity contribution in [1.29, 1.82) is 0 Å². The first kappa shape index (κ1) is 29.4. The number of para-hydroxylation sites is 2. The van der Waals surface area contributed by atoms with E-state index in [9.17, 15) is 18.0 Å². The molecule has 8 nitrogen and oxygen atoms in total. The molecule has 0 heterocycles. The molecule has 0 aliphatic heterocycles. The molecule has 2 N–H and O–H groups in total. The van der Waals surface area contributed by atoms with Gasteiger partial charge in [0.15, 0.2) is 0 Å². The van der Waals surface area contributed by atoms with E-state index < -0.39 is 22.5 Å². The van der Waals surface area contributed by atoms with Crippen molar-refractivity contribution in [2.75, 3.05) is 16.2 Å². The second-order valence-electron chi connectivity index (χ2n) is 9.61. The van der Waals surface area contributed by atoms with Gasteiger partial charge in [-0.05, 0) is 80.9 Å². The maximum absolute atomic E-state index is 13.8. The molecule has 0 spiro atoms. The Morgan fingerprint density at radius 2 is 1.44 bits per heavy atom. The van der Waals surface area contributed by atoms with Crippen LogP contribution < -0.4 is 19.7 Å². The number of sulfonamides is 1. The number of ether oxygens (including phenoxy) is 1. The van der Waals surface area contributed by atoms with Gasteiger partial charge in [-0.1, -0.05) is 55.0 Å². The molecule has 4 aromatic carbocycles. The van der Waals surface area contributed by atoms with Crippen molar-refractivity contribution in [3.63, 3.8) is 0 Å². The highest BCUT2D eigenvalue weighted by Gasteiger charge is 2.28. The van der Waals surface area contributed by atoms with Crippen LogP contribution in [-0.2, 0) is 14.8 Å². The van der Waals surface area contributed by atoms with Gasteiger partial charge in [0.25, 0.3) is 15.9 Å². The van der Waals surface area contributed by atoms with Crippen LogP contribution in [0.1, 0.15) is 36.2 Å². The number of rotatable bonds is 11. The number of hydrogen-bond acceptors (Lipinski definition) is 5. The first-order valence-corrected chi connectivity index (χ1v) is 14.7. The van der Waals surface area contributed by atoms with Gasteiger partial charge in [-0.25, -0.2) is 8.42 Å². The van der Waals surface area contributed by atoms with Crippen LogP contribution in [0.25, 0.3) is 0 Å². The zero-order valence-corrected chi connectivity index (χ0v) is 24.0. The van der Waals surface area contributed by atoms with Gasteiger partial charge in [0, 0.05) is 6.04 Å².